The topological polar surface area (TPSA) is 201 Å². The first kappa shape index (κ1) is 62.1. The molecular weight excluding hydrogens is 997 g/mol. The molecule has 16 heteroatoms. The molecule has 0 aromatic heterocycles. The Labute approximate surface area is 438 Å². The lowest BCUT2D eigenvalue weighted by molar-refractivity contribution is -0.308. The van der Waals surface area contributed by atoms with Crippen LogP contribution < -0.4 is 0 Å². The largest absolute Gasteiger partial charge is 0.477 e. The maximum absolute atomic E-state index is 12.9. The van der Waals surface area contributed by atoms with E-state index in [1.54, 1.807) is 0 Å². The van der Waals surface area contributed by atoms with Gasteiger partial charge in [-0.1, -0.05) is 13.8 Å². The number of terminal acetylenes is 2. The predicted octanol–water partition coefficient (Wildman–Crippen LogP) is 0.284. The van der Waals surface area contributed by atoms with Crippen LogP contribution >= 0.6 is 0 Å². The van der Waals surface area contributed by atoms with Gasteiger partial charge in [-0.15, -0.1) is 12.8 Å². The molecule has 1 fully saturated rings. The van der Waals surface area contributed by atoms with Crippen molar-refractivity contribution in [3.05, 3.63) is 0 Å². The van der Waals surface area contributed by atoms with Crippen molar-refractivity contribution in [2.24, 2.45) is 11.3 Å². The third-order valence-corrected chi connectivity index (χ3v) is 8.60. The zero-order chi connectivity index (χ0) is 55.4. The number of carbonyl (C=O) groups is 1. The van der Waals surface area contributed by atoms with Crippen LogP contribution in [0.5, 0.6) is 0 Å². The third kappa shape index (κ3) is 33.3. The van der Waals surface area contributed by atoms with Crippen LogP contribution in [-0.2, 0) is 52.9 Å². The van der Waals surface area contributed by atoms with E-state index in [4.69, 9.17) is 40.5 Å². The summed E-state index contributed by atoms with van der Waals surface area (Å²) < 4.78 is 97.0. The van der Waals surface area contributed by atoms with E-state index in [9.17, 15) is 31.3 Å². The van der Waals surface area contributed by atoms with Crippen molar-refractivity contribution < 1.29 is 63.2 Å². The molecule has 360 valence electrons. The van der Waals surface area contributed by atoms with Crippen LogP contribution in [0, 0.1) is 273 Å². The van der Waals surface area contributed by atoms with Gasteiger partial charge in [0.05, 0.1) is 30.3 Å². The second-order valence-electron chi connectivity index (χ2n) is 13.3. The van der Waals surface area contributed by atoms with E-state index < -0.39 is 81.6 Å². The zero-order valence-electron chi connectivity index (χ0n) is 39.1. The van der Waals surface area contributed by atoms with Crippen molar-refractivity contribution in [3.63, 3.8) is 0 Å². The van der Waals surface area contributed by atoms with Gasteiger partial charge in [0.15, 0.2) is 0 Å². The Bertz CT molecular complexity index is 3730. The first-order chi connectivity index (χ1) is 36.0. The number of rotatable bonds is 14. The molecule has 3 N–H and O–H groups in total. The summed E-state index contributed by atoms with van der Waals surface area (Å²) in [4.78, 5) is 12.9. The lowest BCUT2D eigenvalue weighted by Crippen LogP contribution is -2.59. The molecule has 1 heterocycles. The molecule has 1 aliphatic rings. The lowest BCUT2D eigenvalue weighted by Gasteiger charge is -2.45. The number of ether oxygens (including phenoxy) is 4. The minimum absolute atomic E-state index is 0.341. The molecule has 14 nitrogen and oxygen atoms in total. The van der Waals surface area contributed by atoms with E-state index in [0.29, 0.717) is 0 Å². The minimum atomic E-state index is -5.17. The maximum atomic E-state index is 12.9. The van der Waals surface area contributed by atoms with Crippen LogP contribution in [0.2, 0.25) is 0 Å². The molecule has 0 amide bonds. The molecule has 5 atom stereocenters. The van der Waals surface area contributed by atoms with Gasteiger partial charge in [-0.05, 0) is 102 Å². The van der Waals surface area contributed by atoms with Gasteiger partial charge < -0.3 is 24.1 Å². The monoisotopic (exact) mass is 1020 g/mol. The average Bonchev–Trinajstić information content (AvgIpc) is 3.34. The second kappa shape index (κ2) is 37.0. The van der Waals surface area contributed by atoms with Gasteiger partial charge in [0.25, 0.3) is 5.79 Å². The Kier molecular flexibility index (Phi) is 30.6. The molecule has 1 aliphatic heterocycles. The van der Waals surface area contributed by atoms with Gasteiger partial charge in [0.1, 0.15) is 25.4 Å². The first-order valence-corrected chi connectivity index (χ1v) is 22.7. The molecule has 0 saturated carbocycles. The summed E-state index contributed by atoms with van der Waals surface area (Å²) in [6, 6.07) is 0. The van der Waals surface area contributed by atoms with Crippen molar-refractivity contribution in [3.8, 4) is 262 Å². The highest BCUT2D eigenvalue weighted by Crippen LogP contribution is 2.39. The fourth-order valence-electron chi connectivity index (χ4n) is 4.59. The van der Waals surface area contributed by atoms with Crippen molar-refractivity contribution in [2.75, 3.05) is 19.8 Å². The van der Waals surface area contributed by atoms with Crippen LogP contribution in [0.1, 0.15) is 33.6 Å². The molecule has 0 spiro atoms. The number of hydrogen-bond acceptors (Lipinski definition) is 11. The standard InChI is InChI=1S/C59H28O14S2/c1-6-8-10-12-14-16-18-20-22-24-26-28-30-32-34-36-38-40-42-44-46-68-50-58(5,51-69-47-45-43-41-39-37-35-33-31-29-27-25-23-21-19-17-15-13-11-9-7-2)52-70-59(57(60)61)49-56(73-75(65,66)67)54(4)55(71-59)48-53(3)72-74(62,63)64/h1-2,53-56H,48-52H2,3-5H3,(H,60,61)(H,62,63,64)(H,65,66,67)/t53-,54?,55?,56-,59-/m1/s1. The number of carboxylic acids is 1. The van der Waals surface area contributed by atoms with Crippen molar-refractivity contribution in [2.45, 2.75) is 57.7 Å². The fraction of sp³-hybridized carbons (Fsp3) is 0.237. The smallest absolute Gasteiger partial charge is 0.397 e. The molecule has 0 aromatic carbocycles. The molecule has 2 unspecified atom stereocenters. The number of carboxylic acid groups (broad SMARTS) is 1. The fourth-order valence-corrected chi connectivity index (χ4v) is 5.64. The van der Waals surface area contributed by atoms with Gasteiger partial charge in [-0.2, -0.15) is 16.8 Å². The molecule has 0 bridgehead atoms. The summed E-state index contributed by atoms with van der Waals surface area (Å²) in [7, 11) is -10.1. The quantitative estimate of drug-likeness (QED) is 0.158. The van der Waals surface area contributed by atoms with Gasteiger partial charge in [-0.25, -0.2) is 13.2 Å². The summed E-state index contributed by atoms with van der Waals surface area (Å²) in [5.41, 5.74) is -1.33. The maximum Gasteiger partial charge on any atom is 0.397 e. The van der Waals surface area contributed by atoms with Crippen LogP contribution in [0.15, 0.2) is 0 Å². The van der Waals surface area contributed by atoms with Crippen LogP contribution in [0.3, 0.4) is 0 Å². The molecule has 1 rings (SSSR count). The second-order valence-corrected chi connectivity index (χ2v) is 15.4. The van der Waals surface area contributed by atoms with Crippen molar-refractivity contribution >= 4 is 26.8 Å². The van der Waals surface area contributed by atoms with Gasteiger partial charge in [0, 0.05) is 161 Å². The summed E-state index contributed by atoms with van der Waals surface area (Å²) in [6.45, 7) is 2.84. The number of aliphatic carboxylic acids is 1. The van der Waals surface area contributed by atoms with Crippen LogP contribution in [0.4, 0.5) is 0 Å². The van der Waals surface area contributed by atoms with E-state index in [1.807, 2.05) is 0 Å². The molecule has 0 aromatic rings. The summed E-state index contributed by atoms with van der Waals surface area (Å²) >= 11 is 0. The average molecular weight is 1020 g/mol. The summed E-state index contributed by atoms with van der Waals surface area (Å²) in [5, 5.41) is 10.4. The molecule has 0 aliphatic carbocycles. The van der Waals surface area contributed by atoms with Crippen molar-refractivity contribution in [1.82, 2.24) is 0 Å². The lowest BCUT2D eigenvalue weighted by atomic mass is 9.86. The van der Waals surface area contributed by atoms with E-state index in [-0.39, 0.29) is 13.2 Å². The van der Waals surface area contributed by atoms with Gasteiger partial charge >= 0.3 is 26.8 Å². The summed E-state index contributed by atoms with van der Waals surface area (Å²) in [5.74, 6) is 91.1. The Morgan fingerprint density at radius 2 is 0.867 bits per heavy atom. The Morgan fingerprint density at radius 3 is 1.15 bits per heavy atom. The van der Waals surface area contributed by atoms with Gasteiger partial charge in [0.2, 0.25) is 0 Å². The van der Waals surface area contributed by atoms with Crippen molar-refractivity contribution in [1.29, 1.82) is 0 Å². The Morgan fingerprint density at radius 1 is 0.560 bits per heavy atom. The normalized spacial score (nSPS) is 14.4. The van der Waals surface area contributed by atoms with E-state index in [2.05, 4.69) is 253 Å². The summed E-state index contributed by atoms with van der Waals surface area (Å²) in [6.07, 6.45) is 9.08. The highest BCUT2D eigenvalue weighted by atomic mass is 32.3. The third-order valence-electron chi connectivity index (χ3n) is 7.54. The van der Waals surface area contributed by atoms with E-state index >= 15 is 0 Å². The highest BCUT2D eigenvalue weighted by Gasteiger charge is 2.54. The van der Waals surface area contributed by atoms with Crippen LogP contribution in [-0.4, -0.2) is 80.9 Å². The van der Waals surface area contributed by atoms with E-state index in [1.165, 1.54) is 20.8 Å². The van der Waals surface area contributed by atoms with E-state index in [0.717, 1.165) is 0 Å². The first-order valence-electron chi connectivity index (χ1n) is 20.0. The number of hydrogen-bond donors (Lipinski definition) is 3. The van der Waals surface area contributed by atoms with Crippen LogP contribution in [0.25, 0.3) is 0 Å². The zero-order valence-corrected chi connectivity index (χ0v) is 40.8. The Hall–Kier alpha value is -10.9. The molecular formula is C59H28O14S2. The molecule has 1 saturated heterocycles. The SMILES string of the molecule is C#CC#CC#CC#CC#CC#CC#CC#CC#CC#CC#COCC(C)(COC#CC#CC#CC#CC#CC#CC#CC#CC#CC#CC#C)CO[C@]1(C(=O)O)C[C@@H](OS(=O)(=O)O)C(C)C(C[C@@H](C)OS(=O)(=O)O)O1. The Balaban J connectivity index is 3.27. The minimum Gasteiger partial charge on any atom is -0.477 e. The molecule has 75 heavy (non-hydrogen) atoms. The molecule has 0 radical (unpaired) electrons. The van der Waals surface area contributed by atoms with Gasteiger partial charge in [-0.3, -0.25) is 9.11 Å². The highest BCUT2D eigenvalue weighted by molar-refractivity contribution is 7.81. The predicted molar refractivity (Wildman–Crippen MR) is 271 cm³/mol.